The summed E-state index contributed by atoms with van der Waals surface area (Å²) >= 11 is 0. The van der Waals surface area contributed by atoms with E-state index in [9.17, 15) is 4.79 Å². The number of rotatable bonds is 5. The average Bonchev–Trinajstić information content (AvgIpc) is 2.68. The molecule has 18 heavy (non-hydrogen) atoms. The van der Waals surface area contributed by atoms with Crippen molar-refractivity contribution in [1.82, 2.24) is 0 Å². The molecule has 0 aromatic heterocycles. The van der Waals surface area contributed by atoms with Gasteiger partial charge < -0.3 is 15.7 Å². The zero-order valence-corrected chi connectivity index (χ0v) is 10.7. The van der Waals surface area contributed by atoms with Gasteiger partial charge in [0, 0.05) is 31.7 Å². The highest BCUT2D eigenvalue weighted by Gasteiger charge is 2.16. The minimum absolute atomic E-state index is 0.0710. The lowest BCUT2D eigenvalue weighted by Gasteiger charge is -2.14. The summed E-state index contributed by atoms with van der Waals surface area (Å²) in [6.07, 6.45) is 2.52. The Bertz CT molecular complexity index is 445. The fraction of sp³-hybridized carbons (Fsp3) is 0.500. The number of aliphatic carboxylic acids is 1. The second-order valence-electron chi connectivity index (χ2n) is 5.03. The number of carboxylic acid groups (broad SMARTS) is 1. The summed E-state index contributed by atoms with van der Waals surface area (Å²) in [5.41, 5.74) is 9.84. The topological polar surface area (TPSA) is 66.6 Å². The van der Waals surface area contributed by atoms with E-state index in [-0.39, 0.29) is 12.5 Å². The fourth-order valence-electron chi connectivity index (χ4n) is 2.46. The summed E-state index contributed by atoms with van der Waals surface area (Å²) in [6, 6.07) is 6.38. The van der Waals surface area contributed by atoms with Gasteiger partial charge in [0.1, 0.15) is 0 Å². The van der Waals surface area contributed by atoms with Crippen molar-refractivity contribution in [1.29, 1.82) is 0 Å². The molecule has 0 spiro atoms. The Hall–Kier alpha value is -1.55. The minimum atomic E-state index is -0.777. The van der Waals surface area contributed by atoms with Crippen LogP contribution in [0.25, 0.3) is 0 Å². The van der Waals surface area contributed by atoms with E-state index in [2.05, 4.69) is 30.1 Å². The first-order valence-corrected chi connectivity index (χ1v) is 6.36. The van der Waals surface area contributed by atoms with Crippen LogP contribution in [0.3, 0.4) is 0 Å². The Morgan fingerprint density at radius 3 is 3.06 bits per heavy atom. The number of carboxylic acids is 1. The quantitative estimate of drug-likeness (QED) is 0.827. The molecule has 1 aliphatic rings. The molecule has 4 nitrogen and oxygen atoms in total. The van der Waals surface area contributed by atoms with Gasteiger partial charge in [0.15, 0.2) is 0 Å². The summed E-state index contributed by atoms with van der Waals surface area (Å²) in [5.74, 6) is -0.777. The average molecular weight is 248 g/mol. The molecule has 1 aliphatic heterocycles. The molecule has 4 heteroatoms. The molecule has 0 fully saturated rings. The van der Waals surface area contributed by atoms with Crippen LogP contribution >= 0.6 is 0 Å². The Kier molecular flexibility index (Phi) is 3.87. The Morgan fingerprint density at radius 2 is 2.33 bits per heavy atom. The van der Waals surface area contributed by atoms with Crippen LogP contribution in [0.4, 0.5) is 5.69 Å². The maximum Gasteiger partial charge on any atom is 0.303 e. The van der Waals surface area contributed by atoms with E-state index >= 15 is 0 Å². The van der Waals surface area contributed by atoms with E-state index in [1.54, 1.807) is 0 Å². The molecule has 0 amide bonds. The van der Waals surface area contributed by atoms with Crippen molar-refractivity contribution in [3.63, 3.8) is 0 Å². The molecule has 1 atom stereocenters. The lowest BCUT2D eigenvalue weighted by molar-refractivity contribution is -0.137. The normalized spacial score (nSPS) is 15.6. The highest BCUT2D eigenvalue weighted by molar-refractivity contribution is 5.66. The molecule has 1 heterocycles. The van der Waals surface area contributed by atoms with E-state index in [0.29, 0.717) is 6.42 Å². The van der Waals surface area contributed by atoms with Crippen LogP contribution in [0.15, 0.2) is 18.2 Å². The highest BCUT2D eigenvalue weighted by atomic mass is 16.4. The zero-order chi connectivity index (χ0) is 13.1. The van der Waals surface area contributed by atoms with E-state index in [0.717, 1.165) is 19.4 Å². The predicted molar refractivity (Wildman–Crippen MR) is 72.0 cm³/mol. The fourth-order valence-corrected chi connectivity index (χ4v) is 2.46. The first-order chi connectivity index (χ1) is 8.56. The van der Waals surface area contributed by atoms with Gasteiger partial charge in [-0.15, -0.1) is 0 Å². The van der Waals surface area contributed by atoms with Gasteiger partial charge in [-0.2, -0.15) is 0 Å². The highest BCUT2D eigenvalue weighted by Crippen LogP contribution is 2.27. The van der Waals surface area contributed by atoms with Crippen LogP contribution in [0.2, 0.25) is 0 Å². The molecule has 0 aliphatic carbocycles. The summed E-state index contributed by atoms with van der Waals surface area (Å²) in [6.45, 7) is 1.07. The summed E-state index contributed by atoms with van der Waals surface area (Å²) < 4.78 is 0. The Balaban J connectivity index is 1.96. The second-order valence-corrected chi connectivity index (χ2v) is 5.03. The van der Waals surface area contributed by atoms with Crippen LogP contribution in [-0.2, 0) is 17.6 Å². The van der Waals surface area contributed by atoms with Crippen molar-refractivity contribution in [2.45, 2.75) is 31.7 Å². The van der Waals surface area contributed by atoms with Gasteiger partial charge in [-0.1, -0.05) is 12.1 Å². The minimum Gasteiger partial charge on any atom is -0.481 e. The van der Waals surface area contributed by atoms with Gasteiger partial charge in [0.25, 0.3) is 0 Å². The number of nitrogens with zero attached hydrogens (tertiary/aromatic N) is 1. The number of hydrogen-bond acceptors (Lipinski definition) is 3. The summed E-state index contributed by atoms with van der Waals surface area (Å²) in [5, 5.41) is 8.62. The van der Waals surface area contributed by atoms with E-state index in [4.69, 9.17) is 10.8 Å². The molecule has 1 aromatic carbocycles. The predicted octanol–water partition coefficient (Wildman–Crippen LogP) is 1.41. The summed E-state index contributed by atoms with van der Waals surface area (Å²) in [4.78, 5) is 12.7. The van der Waals surface area contributed by atoms with Crippen LogP contribution in [0.1, 0.15) is 24.0 Å². The number of carbonyl (C=O) groups is 1. The lowest BCUT2D eigenvalue weighted by Crippen LogP contribution is -2.23. The number of hydrogen-bond donors (Lipinski definition) is 2. The molecule has 1 aromatic rings. The van der Waals surface area contributed by atoms with Crippen LogP contribution in [0, 0.1) is 0 Å². The molecular weight excluding hydrogens is 228 g/mol. The molecule has 2 rings (SSSR count). The molecule has 98 valence electrons. The number of benzene rings is 1. The van der Waals surface area contributed by atoms with Crippen molar-refractivity contribution >= 4 is 11.7 Å². The van der Waals surface area contributed by atoms with Crippen LogP contribution in [0.5, 0.6) is 0 Å². The third-order valence-electron chi connectivity index (χ3n) is 3.50. The SMILES string of the molecule is CN1CCc2cc(CC(N)CCC(=O)O)ccc21. The third-order valence-corrected chi connectivity index (χ3v) is 3.50. The molecular formula is C14H20N2O2. The van der Waals surface area contributed by atoms with Crippen molar-refractivity contribution in [2.24, 2.45) is 5.73 Å². The zero-order valence-electron chi connectivity index (χ0n) is 10.7. The maximum absolute atomic E-state index is 10.5. The number of anilines is 1. The van der Waals surface area contributed by atoms with Crippen LogP contribution in [-0.4, -0.2) is 30.7 Å². The number of nitrogens with two attached hydrogens (primary N) is 1. The number of fused-ring (bicyclic) bond motifs is 1. The van der Waals surface area contributed by atoms with Gasteiger partial charge in [0.2, 0.25) is 0 Å². The van der Waals surface area contributed by atoms with Crippen molar-refractivity contribution in [3.8, 4) is 0 Å². The van der Waals surface area contributed by atoms with Gasteiger partial charge in [0.05, 0.1) is 0 Å². The third kappa shape index (κ3) is 3.01. The van der Waals surface area contributed by atoms with Gasteiger partial charge in [-0.25, -0.2) is 0 Å². The Morgan fingerprint density at radius 1 is 1.56 bits per heavy atom. The first kappa shape index (κ1) is 12.9. The van der Waals surface area contributed by atoms with Crippen LogP contribution < -0.4 is 10.6 Å². The smallest absolute Gasteiger partial charge is 0.303 e. The molecule has 0 bridgehead atoms. The van der Waals surface area contributed by atoms with Crippen molar-refractivity contribution < 1.29 is 9.90 Å². The molecule has 3 N–H and O–H groups in total. The number of likely N-dealkylation sites (N-methyl/N-ethyl adjacent to an activating group) is 1. The first-order valence-electron chi connectivity index (χ1n) is 6.36. The van der Waals surface area contributed by atoms with Gasteiger partial charge in [-0.05, 0) is 36.5 Å². The van der Waals surface area contributed by atoms with Gasteiger partial charge >= 0.3 is 5.97 Å². The van der Waals surface area contributed by atoms with E-state index in [1.165, 1.54) is 16.8 Å². The lowest BCUT2D eigenvalue weighted by atomic mass is 10.00. The molecule has 0 radical (unpaired) electrons. The largest absolute Gasteiger partial charge is 0.481 e. The van der Waals surface area contributed by atoms with Crippen molar-refractivity contribution in [3.05, 3.63) is 29.3 Å². The van der Waals surface area contributed by atoms with Gasteiger partial charge in [-0.3, -0.25) is 4.79 Å². The molecule has 1 unspecified atom stereocenters. The summed E-state index contributed by atoms with van der Waals surface area (Å²) in [7, 11) is 2.10. The second kappa shape index (κ2) is 5.40. The molecule has 0 saturated heterocycles. The van der Waals surface area contributed by atoms with E-state index in [1.807, 2.05) is 0 Å². The molecule has 0 saturated carbocycles. The monoisotopic (exact) mass is 248 g/mol. The van der Waals surface area contributed by atoms with Crippen molar-refractivity contribution in [2.75, 3.05) is 18.5 Å². The van der Waals surface area contributed by atoms with E-state index < -0.39 is 5.97 Å². The maximum atomic E-state index is 10.5. The standard InChI is InChI=1S/C14H20N2O2/c1-16-7-6-11-8-10(2-4-13(11)16)9-12(15)3-5-14(17)18/h2,4,8,12H,3,5-7,9,15H2,1H3,(H,17,18). The Labute approximate surface area is 107 Å².